The van der Waals surface area contributed by atoms with E-state index in [0.29, 0.717) is 5.69 Å². The topological polar surface area (TPSA) is 92.8 Å². The van der Waals surface area contributed by atoms with Crippen LogP contribution in [0, 0.1) is 0 Å². The number of hydrogen-bond donors (Lipinski definition) is 1. The lowest BCUT2D eigenvalue weighted by atomic mass is 10.3. The molecule has 2 N–H and O–H groups in total. The zero-order valence-corrected chi connectivity index (χ0v) is 9.02. The Hall–Kier alpha value is -1.73. The molecule has 2 rings (SSSR count). The third-order valence-electron chi connectivity index (χ3n) is 2.11. The van der Waals surface area contributed by atoms with Crippen molar-refractivity contribution in [1.29, 1.82) is 0 Å². The Bertz CT molecular complexity index is 548. The van der Waals surface area contributed by atoms with Crippen LogP contribution in [0.5, 0.6) is 0 Å². The maximum absolute atomic E-state index is 11.3. The van der Waals surface area contributed by atoms with Crippen LogP contribution in [0.3, 0.4) is 0 Å². The smallest absolute Gasteiger partial charge is 0.252 e. The highest BCUT2D eigenvalue weighted by molar-refractivity contribution is 7.89. The van der Waals surface area contributed by atoms with E-state index in [1.165, 1.54) is 35.5 Å². The number of carbonyl (C=O) groups excluding carboxylic acids is 1. The molecule has 1 aromatic carbocycles. The fourth-order valence-corrected chi connectivity index (χ4v) is 1.85. The Kier molecular flexibility index (Phi) is 2.49. The quantitative estimate of drug-likeness (QED) is 0.790. The molecule has 0 atom stereocenters. The Labute approximate surface area is 92.4 Å². The van der Waals surface area contributed by atoms with Gasteiger partial charge in [-0.15, -0.1) is 0 Å². The van der Waals surface area contributed by atoms with Gasteiger partial charge >= 0.3 is 0 Å². The summed E-state index contributed by atoms with van der Waals surface area (Å²) in [6.07, 6.45) is 1.76. The Morgan fingerprint density at radius 3 is 2.31 bits per heavy atom. The van der Waals surface area contributed by atoms with Crippen molar-refractivity contribution in [3.05, 3.63) is 24.3 Å². The van der Waals surface area contributed by atoms with Gasteiger partial charge in [0.1, 0.15) is 0 Å². The summed E-state index contributed by atoms with van der Waals surface area (Å²) in [6.45, 7) is 0. The molecular weight excluding hydrogens is 230 g/mol. The van der Waals surface area contributed by atoms with Crippen molar-refractivity contribution in [3.8, 4) is 0 Å². The van der Waals surface area contributed by atoms with Gasteiger partial charge in [-0.1, -0.05) is 0 Å². The number of carbonyl (C=O) groups is 1. The predicted molar refractivity (Wildman–Crippen MR) is 58.4 cm³/mol. The zero-order valence-electron chi connectivity index (χ0n) is 8.20. The summed E-state index contributed by atoms with van der Waals surface area (Å²) < 4.78 is 22.0. The molecule has 1 aliphatic rings. The summed E-state index contributed by atoms with van der Waals surface area (Å²) >= 11 is 0. The second-order valence-electron chi connectivity index (χ2n) is 3.25. The van der Waals surface area contributed by atoms with E-state index in [0.717, 1.165) is 0 Å². The van der Waals surface area contributed by atoms with Crippen LogP contribution in [0.1, 0.15) is 6.42 Å². The molecule has 1 aliphatic heterocycles. The SMILES string of the molecule is NS(=O)(=O)c1ccc(N2N=CCC2=O)cc1. The van der Waals surface area contributed by atoms with E-state index < -0.39 is 10.0 Å². The van der Waals surface area contributed by atoms with Gasteiger partial charge in [0.15, 0.2) is 0 Å². The van der Waals surface area contributed by atoms with E-state index in [4.69, 9.17) is 5.14 Å². The number of benzene rings is 1. The molecule has 84 valence electrons. The molecule has 0 unspecified atom stereocenters. The first-order valence-electron chi connectivity index (χ1n) is 4.47. The van der Waals surface area contributed by atoms with E-state index in [9.17, 15) is 13.2 Å². The second-order valence-corrected chi connectivity index (χ2v) is 4.81. The lowest BCUT2D eigenvalue weighted by molar-refractivity contribution is -0.116. The average molecular weight is 239 g/mol. The number of hydrogen-bond acceptors (Lipinski definition) is 4. The van der Waals surface area contributed by atoms with Gasteiger partial charge < -0.3 is 0 Å². The van der Waals surface area contributed by atoms with Gasteiger partial charge in [-0.25, -0.2) is 18.6 Å². The van der Waals surface area contributed by atoms with Crippen LogP contribution in [0.15, 0.2) is 34.3 Å². The largest absolute Gasteiger partial charge is 0.272 e. The summed E-state index contributed by atoms with van der Waals surface area (Å²) in [5.41, 5.74) is 0.520. The second kappa shape index (κ2) is 3.69. The van der Waals surface area contributed by atoms with Gasteiger partial charge in [0.25, 0.3) is 5.91 Å². The van der Waals surface area contributed by atoms with Crippen molar-refractivity contribution in [1.82, 2.24) is 0 Å². The van der Waals surface area contributed by atoms with Crippen molar-refractivity contribution in [2.45, 2.75) is 11.3 Å². The summed E-state index contributed by atoms with van der Waals surface area (Å²) in [4.78, 5) is 11.3. The number of nitrogens with two attached hydrogens (primary N) is 1. The van der Waals surface area contributed by atoms with Gasteiger partial charge in [0.05, 0.1) is 17.0 Å². The minimum absolute atomic E-state index is 0.00637. The van der Waals surface area contributed by atoms with Gasteiger partial charge in [0.2, 0.25) is 10.0 Å². The molecule has 16 heavy (non-hydrogen) atoms. The highest BCUT2D eigenvalue weighted by Gasteiger charge is 2.18. The molecule has 1 amide bonds. The molecule has 0 radical (unpaired) electrons. The van der Waals surface area contributed by atoms with E-state index in [1.54, 1.807) is 0 Å². The van der Waals surface area contributed by atoms with Crippen molar-refractivity contribution in [3.63, 3.8) is 0 Å². The number of sulfonamides is 1. The van der Waals surface area contributed by atoms with Crippen LogP contribution < -0.4 is 10.1 Å². The predicted octanol–water partition coefficient (Wildman–Crippen LogP) is 0.0565. The summed E-state index contributed by atoms with van der Waals surface area (Å²) in [5, 5.41) is 10.0. The first-order valence-corrected chi connectivity index (χ1v) is 6.01. The highest BCUT2D eigenvalue weighted by Crippen LogP contribution is 2.20. The van der Waals surface area contributed by atoms with Crippen molar-refractivity contribution < 1.29 is 13.2 Å². The van der Waals surface area contributed by atoms with E-state index in [-0.39, 0.29) is 17.2 Å². The number of rotatable bonds is 2. The van der Waals surface area contributed by atoms with E-state index in [1.807, 2.05) is 0 Å². The maximum atomic E-state index is 11.3. The van der Waals surface area contributed by atoms with Gasteiger partial charge in [-0.3, -0.25) is 4.79 Å². The molecular formula is C9H9N3O3S. The Balaban J connectivity index is 2.33. The third-order valence-corrected chi connectivity index (χ3v) is 3.04. The number of primary sulfonamides is 1. The Morgan fingerprint density at radius 2 is 1.88 bits per heavy atom. The van der Waals surface area contributed by atoms with Gasteiger partial charge in [-0.2, -0.15) is 5.10 Å². The molecule has 0 aromatic heterocycles. The van der Waals surface area contributed by atoms with E-state index in [2.05, 4.69) is 5.10 Å². The van der Waals surface area contributed by atoms with Crippen molar-refractivity contribution in [2.24, 2.45) is 10.2 Å². The Morgan fingerprint density at radius 1 is 1.25 bits per heavy atom. The number of anilines is 1. The molecule has 0 aliphatic carbocycles. The number of hydrazone groups is 1. The lowest BCUT2D eigenvalue weighted by Crippen LogP contribution is -2.19. The number of nitrogens with zero attached hydrogens (tertiary/aromatic N) is 2. The van der Waals surface area contributed by atoms with Crippen LogP contribution in [-0.4, -0.2) is 20.5 Å². The van der Waals surface area contributed by atoms with Gasteiger partial charge in [0, 0.05) is 6.21 Å². The van der Waals surface area contributed by atoms with Crippen LogP contribution in [-0.2, 0) is 14.8 Å². The zero-order chi connectivity index (χ0) is 11.8. The fraction of sp³-hybridized carbons (Fsp3) is 0.111. The minimum atomic E-state index is -3.70. The lowest BCUT2D eigenvalue weighted by Gasteiger charge is -2.11. The molecule has 0 spiro atoms. The summed E-state index contributed by atoms with van der Waals surface area (Å²) in [7, 11) is -3.70. The maximum Gasteiger partial charge on any atom is 0.252 e. The normalized spacial score (nSPS) is 15.8. The van der Waals surface area contributed by atoms with E-state index >= 15 is 0 Å². The highest BCUT2D eigenvalue weighted by atomic mass is 32.2. The van der Waals surface area contributed by atoms with Gasteiger partial charge in [-0.05, 0) is 24.3 Å². The molecule has 0 bridgehead atoms. The van der Waals surface area contributed by atoms with Crippen LogP contribution in [0.25, 0.3) is 0 Å². The molecule has 0 fully saturated rings. The number of amides is 1. The molecule has 0 saturated carbocycles. The minimum Gasteiger partial charge on any atom is -0.272 e. The molecule has 7 heteroatoms. The fourth-order valence-electron chi connectivity index (χ4n) is 1.34. The van der Waals surface area contributed by atoms with Crippen LogP contribution >= 0.6 is 0 Å². The summed E-state index contributed by atoms with van der Waals surface area (Å²) in [6, 6.07) is 5.65. The monoisotopic (exact) mass is 239 g/mol. The molecule has 6 nitrogen and oxygen atoms in total. The van der Waals surface area contributed by atoms with Crippen LogP contribution in [0.2, 0.25) is 0 Å². The van der Waals surface area contributed by atoms with Crippen molar-refractivity contribution >= 4 is 27.8 Å². The van der Waals surface area contributed by atoms with Crippen molar-refractivity contribution in [2.75, 3.05) is 5.01 Å². The summed E-state index contributed by atoms with van der Waals surface area (Å²) in [5.74, 6) is -0.150. The molecule has 1 aromatic rings. The molecule has 0 saturated heterocycles. The average Bonchev–Trinajstić information content (AvgIpc) is 2.63. The van der Waals surface area contributed by atoms with Crippen LogP contribution in [0.4, 0.5) is 5.69 Å². The third kappa shape index (κ3) is 1.95. The first kappa shape index (κ1) is 10.8. The molecule has 1 heterocycles. The standard InChI is InChI=1S/C9H9N3O3S/c10-16(14,15)8-3-1-7(2-4-8)12-9(13)5-6-11-12/h1-4,6H,5H2,(H2,10,14,15). The first-order chi connectivity index (χ1) is 7.48.